The molecular weight excluding hydrogens is 444 g/mol. The minimum absolute atomic E-state index is 0.248. The molecule has 2 aliphatic heterocycles. The van der Waals surface area contributed by atoms with Gasteiger partial charge in [-0.2, -0.15) is 0 Å². The van der Waals surface area contributed by atoms with Gasteiger partial charge in [-0.05, 0) is 55.9 Å². The minimum Gasteiger partial charge on any atom is -0.497 e. The molecule has 174 valence electrons. The Bertz CT molecular complexity index is 1090. The van der Waals surface area contributed by atoms with E-state index in [0.717, 1.165) is 11.3 Å². The summed E-state index contributed by atoms with van der Waals surface area (Å²) >= 11 is 5.74. The van der Waals surface area contributed by atoms with Crippen LogP contribution in [0.25, 0.3) is 0 Å². The number of rotatable bonds is 6. The van der Waals surface area contributed by atoms with E-state index in [4.69, 9.17) is 35.9 Å². The van der Waals surface area contributed by atoms with Gasteiger partial charge in [-0.1, -0.05) is 0 Å². The third kappa shape index (κ3) is 4.41. The largest absolute Gasteiger partial charge is 0.497 e. The molecule has 0 fully saturated rings. The summed E-state index contributed by atoms with van der Waals surface area (Å²) in [5.74, 6) is 2.08. The highest BCUT2D eigenvalue weighted by Crippen LogP contribution is 2.40. The maximum absolute atomic E-state index is 13.1. The zero-order chi connectivity index (χ0) is 23.5. The SMILES string of the molecule is CCOC(=O)C1=C(C)N(c2ccc3c(c2)OCCO3)C(=S)NC1c1cc(OC)cc(OC)c1. The van der Waals surface area contributed by atoms with Gasteiger partial charge in [0.05, 0.1) is 38.1 Å². The lowest BCUT2D eigenvalue weighted by Gasteiger charge is -2.38. The number of anilines is 1. The fourth-order valence-electron chi connectivity index (χ4n) is 3.94. The molecule has 2 aromatic rings. The standard InChI is InChI=1S/C24H26N2O6S/c1-5-30-23(27)21-14(2)26(16-6-7-19-20(12-16)32-9-8-31-19)24(33)25-22(21)15-10-17(28-3)13-18(11-15)29-4/h6-7,10-13,22H,5,8-9H2,1-4H3,(H,25,33). The van der Waals surface area contributed by atoms with E-state index in [1.165, 1.54) is 0 Å². The summed E-state index contributed by atoms with van der Waals surface area (Å²) in [5, 5.41) is 3.73. The lowest BCUT2D eigenvalue weighted by molar-refractivity contribution is -0.139. The summed E-state index contributed by atoms with van der Waals surface area (Å²) in [6.07, 6.45) is 0. The van der Waals surface area contributed by atoms with Crippen molar-refractivity contribution < 1.29 is 28.5 Å². The van der Waals surface area contributed by atoms with Crippen molar-refractivity contribution in [2.24, 2.45) is 0 Å². The first kappa shape index (κ1) is 22.7. The Morgan fingerprint density at radius 3 is 2.39 bits per heavy atom. The molecule has 1 unspecified atom stereocenters. The highest BCUT2D eigenvalue weighted by atomic mass is 32.1. The fourth-order valence-corrected chi connectivity index (χ4v) is 4.30. The molecular formula is C24H26N2O6S. The molecule has 8 nitrogen and oxygen atoms in total. The predicted molar refractivity (Wildman–Crippen MR) is 127 cm³/mol. The summed E-state index contributed by atoms with van der Waals surface area (Å²) in [5.41, 5.74) is 2.60. The third-order valence-electron chi connectivity index (χ3n) is 5.47. The van der Waals surface area contributed by atoms with Gasteiger partial charge in [0.2, 0.25) is 0 Å². The van der Waals surface area contributed by atoms with Crippen molar-refractivity contribution in [1.29, 1.82) is 0 Å². The molecule has 9 heteroatoms. The first-order chi connectivity index (χ1) is 16.0. The molecule has 0 saturated carbocycles. The van der Waals surface area contributed by atoms with Crippen LogP contribution in [0.4, 0.5) is 5.69 Å². The Morgan fingerprint density at radius 2 is 1.76 bits per heavy atom. The number of esters is 1. The highest BCUT2D eigenvalue weighted by Gasteiger charge is 2.36. The van der Waals surface area contributed by atoms with Crippen molar-refractivity contribution in [3.05, 3.63) is 53.2 Å². The number of benzene rings is 2. The Hall–Kier alpha value is -3.46. The molecule has 1 N–H and O–H groups in total. The molecule has 0 aliphatic carbocycles. The second-order valence-electron chi connectivity index (χ2n) is 7.41. The van der Waals surface area contributed by atoms with Gasteiger partial charge in [-0.15, -0.1) is 0 Å². The smallest absolute Gasteiger partial charge is 0.338 e. The summed E-state index contributed by atoms with van der Waals surface area (Å²) in [6.45, 7) is 4.85. The molecule has 2 aromatic carbocycles. The van der Waals surface area contributed by atoms with E-state index in [0.29, 0.717) is 52.6 Å². The number of ether oxygens (including phenoxy) is 5. The molecule has 33 heavy (non-hydrogen) atoms. The van der Waals surface area contributed by atoms with E-state index in [1.54, 1.807) is 32.1 Å². The Kier molecular flexibility index (Phi) is 6.60. The second kappa shape index (κ2) is 9.58. The van der Waals surface area contributed by atoms with E-state index in [1.807, 2.05) is 37.3 Å². The topological polar surface area (TPSA) is 78.5 Å². The molecule has 0 bridgehead atoms. The van der Waals surface area contributed by atoms with E-state index >= 15 is 0 Å². The summed E-state index contributed by atoms with van der Waals surface area (Å²) in [7, 11) is 3.16. The van der Waals surface area contributed by atoms with Crippen molar-refractivity contribution in [2.45, 2.75) is 19.9 Å². The Labute approximate surface area is 198 Å². The van der Waals surface area contributed by atoms with E-state index in [-0.39, 0.29) is 6.61 Å². The quantitative estimate of drug-likeness (QED) is 0.502. The number of carbonyl (C=O) groups is 1. The maximum atomic E-state index is 13.1. The average molecular weight is 471 g/mol. The van der Waals surface area contributed by atoms with Crippen molar-refractivity contribution in [1.82, 2.24) is 5.32 Å². The lowest BCUT2D eigenvalue weighted by Crippen LogP contribution is -2.48. The monoisotopic (exact) mass is 470 g/mol. The molecule has 2 aliphatic rings. The molecule has 0 amide bonds. The third-order valence-corrected chi connectivity index (χ3v) is 5.77. The minimum atomic E-state index is -0.547. The van der Waals surface area contributed by atoms with Crippen LogP contribution < -0.4 is 29.2 Å². The van der Waals surface area contributed by atoms with Crippen LogP contribution >= 0.6 is 12.2 Å². The first-order valence-corrected chi connectivity index (χ1v) is 11.0. The summed E-state index contributed by atoms with van der Waals surface area (Å²) in [6, 6.07) is 10.5. The van der Waals surface area contributed by atoms with Crippen LogP contribution in [0.15, 0.2) is 47.7 Å². The molecule has 0 radical (unpaired) electrons. The van der Waals surface area contributed by atoms with Crippen LogP contribution in [-0.4, -0.2) is 45.1 Å². The number of fused-ring (bicyclic) bond motifs is 1. The van der Waals surface area contributed by atoms with Crippen LogP contribution in [0.1, 0.15) is 25.5 Å². The van der Waals surface area contributed by atoms with Crippen LogP contribution in [0.2, 0.25) is 0 Å². The number of allylic oxidation sites excluding steroid dienone is 1. The molecule has 0 spiro atoms. The molecule has 1 atom stereocenters. The maximum Gasteiger partial charge on any atom is 0.338 e. The second-order valence-corrected chi connectivity index (χ2v) is 7.80. The van der Waals surface area contributed by atoms with Gasteiger partial charge < -0.3 is 29.0 Å². The van der Waals surface area contributed by atoms with Gasteiger partial charge in [0, 0.05) is 17.8 Å². The molecule has 2 heterocycles. The van der Waals surface area contributed by atoms with Crippen molar-refractivity contribution in [3.63, 3.8) is 0 Å². The molecule has 0 saturated heterocycles. The highest BCUT2D eigenvalue weighted by molar-refractivity contribution is 7.80. The normalized spacial score (nSPS) is 17.4. The number of carbonyl (C=O) groups excluding carboxylic acids is 1. The zero-order valence-corrected chi connectivity index (χ0v) is 19.8. The zero-order valence-electron chi connectivity index (χ0n) is 19.0. The summed E-state index contributed by atoms with van der Waals surface area (Å²) < 4.78 is 27.6. The lowest BCUT2D eigenvalue weighted by atomic mass is 9.94. The molecule has 0 aromatic heterocycles. The van der Waals surface area contributed by atoms with Gasteiger partial charge >= 0.3 is 5.97 Å². The van der Waals surface area contributed by atoms with Crippen molar-refractivity contribution in [2.75, 3.05) is 38.9 Å². The average Bonchev–Trinajstić information content (AvgIpc) is 2.83. The predicted octanol–water partition coefficient (Wildman–Crippen LogP) is 3.75. The van der Waals surface area contributed by atoms with Gasteiger partial charge in [0.25, 0.3) is 0 Å². The van der Waals surface area contributed by atoms with Crippen LogP contribution in [0, 0.1) is 0 Å². The number of hydrogen-bond acceptors (Lipinski definition) is 7. The fraction of sp³-hybridized carbons (Fsp3) is 0.333. The van der Waals surface area contributed by atoms with E-state index < -0.39 is 12.0 Å². The first-order valence-electron chi connectivity index (χ1n) is 10.6. The van der Waals surface area contributed by atoms with Gasteiger partial charge in [-0.25, -0.2) is 4.79 Å². The number of thiocarbonyl (C=S) groups is 1. The Balaban J connectivity index is 1.82. The van der Waals surface area contributed by atoms with Crippen LogP contribution in [0.5, 0.6) is 23.0 Å². The summed E-state index contributed by atoms with van der Waals surface area (Å²) in [4.78, 5) is 14.9. The van der Waals surface area contributed by atoms with E-state index in [9.17, 15) is 4.79 Å². The number of nitrogens with one attached hydrogen (secondary N) is 1. The van der Waals surface area contributed by atoms with E-state index in [2.05, 4.69) is 5.32 Å². The number of methoxy groups -OCH3 is 2. The van der Waals surface area contributed by atoms with Crippen LogP contribution in [0.3, 0.4) is 0 Å². The number of hydrogen-bond donors (Lipinski definition) is 1. The van der Waals surface area contributed by atoms with Gasteiger partial charge in [0.15, 0.2) is 16.6 Å². The van der Waals surface area contributed by atoms with Crippen LogP contribution in [-0.2, 0) is 9.53 Å². The molecule has 4 rings (SSSR count). The van der Waals surface area contributed by atoms with Gasteiger partial charge in [0.1, 0.15) is 24.7 Å². The van der Waals surface area contributed by atoms with Crippen molar-refractivity contribution >= 4 is 29.0 Å². The van der Waals surface area contributed by atoms with Gasteiger partial charge in [-0.3, -0.25) is 4.90 Å². The van der Waals surface area contributed by atoms with Crippen molar-refractivity contribution in [3.8, 4) is 23.0 Å². The number of nitrogens with zero attached hydrogens (tertiary/aromatic N) is 1. The Morgan fingerprint density at radius 1 is 1.09 bits per heavy atom.